The molecule has 2 aliphatic heterocycles. The molecule has 174 valence electrons. The maximum Gasteiger partial charge on any atom is 0.200 e. The van der Waals surface area contributed by atoms with Crippen LogP contribution in [0.1, 0.15) is 17.7 Å². The van der Waals surface area contributed by atoms with Gasteiger partial charge in [-0.15, -0.1) is 0 Å². The lowest BCUT2D eigenvalue weighted by atomic mass is 10.0. The van der Waals surface area contributed by atoms with Crippen LogP contribution in [0.15, 0.2) is 51.7 Å². The largest absolute Gasteiger partial charge is 0.507 e. The number of hydrogen-bond donors (Lipinski definition) is 1. The molecule has 0 spiro atoms. The Morgan fingerprint density at radius 2 is 1.79 bits per heavy atom. The third-order valence-electron chi connectivity index (χ3n) is 6.89. The first kappa shape index (κ1) is 22.1. The SMILES string of the molecule is Cc1oc2c(CN3CCN(C4CCS(=O)(=O)C4)CC3)c(O)ccc2c(=O)c1-c1ccccc1. The van der Waals surface area contributed by atoms with Gasteiger partial charge in [0, 0.05) is 38.8 Å². The Bertz CT molecular complexity index is 1340. The fourth-order valence-corrected chi connectivity index (χ4v) is 6.84. The summed E-state index contributed by atoms with van der Waals surface area (Å²) in [7, 11) is -2.90. The third-order valence-corrected chi connectivity index (χ3v) is 8.64. The van der Waals surface area contributed by atoms with Gasteiger partial charge in [-0.1, -0.05) is 30.3 Å². The first-order valence-corrected chi connectivity index (χ1v) is 13.1. The van der Waals surface area contributed by atoms with Crippen LogP contribution in [-0.4, -0.2) is 67.1 Å². The lowest BCUT2D eigenvalue weighted by Crippen LogP contribution is -2.50. The van der Waals surface area contributed by atoms with E-state index in [1.807, 2.05) is 30.3 Å². The van der Waals surface area contributed by atoms with Crippen molar-refractivity contribution in [3.05, 3.63) is 64.0 Å². The van der Waals surface area contributed by atoms with E-state index in [1.54, 1.807) is 19.1 Å². The van der Waals surface area contributed by atoms with E-state index in [4.69, 9.17) is 4.42 Å². The number of phenolic OH excluding ortho intramolecular Hbond substituents is 1. The summed E-state index contributed by atoms with van der Waals surface area (Å²) < 4.78 is 29.8. The molecule has 2 aliphatic rings. The van der Waals surface area contributed by atoms with Crippen molar-refractivity contribution in [2.45, 2.75) is 25.9 Å². The molecule has 7 nitrogen and oxygen atoms in total. The molecule has 0 bridgehead atoms. The summed E-state index contributed by atoms with van der Waals surface area (Å²) >= 11 is 0. The first-order chi connectivity index (χ1) is 15.8. The van der Waals surface area contributed by atoms with Crippen molar-refractivity contribution in [2.75, 3.05) is 37.7 Å². The molecular formula is C25H28N2O5S. The average molecular weight is 469 g/mol. The first-order valence-electron chi connectivity index (χ1n) is 11.3. The Kier molecular flexibility index (Phi) is 5.76. The Balaban J connectivity index is 1.40. The number of sulfone groups is 1. The zero-order valence-electron chi connectivity index (χ0n) is 18.7. The van der Waals surface area contributed by atoms with E-state index < -0.39 is 9.84 Å². The summed E-state index contributed by atoms with van der Waals surface area (Å²) in [5.74, 6) is 1.18. The van der Waals surface area contributed by atoms with Crippen LogP contribution in [0, 0.1) is 6.92 Å². The van der Waals surface area contributed by atoms with Crippen LogP contribution >= 0.6 is 0 Å². The molecule has 0 amide bonds. The summed E-state index contributed by atoms with van der Waals surface area (Å²) in [6.07, 6.45) is 0.709. The highest BCUT2D eigenvalue weighted by atomic mass is 32.2. The quantitative estimate of drug-likeness (QED) is 0.630. The maximum atomic E-state index is 13.3. The normalized spacial score (nSPS) is 21.5. The lowest BCUT2D eigenvalue weighted by Gasteiger charge is -2.37. The van der Waals surface area contributed by atoms with Gasteiger partial charge in [-0.2, -0.15) is 0 Å². The summed E-state index contributed by atoms with van der Waals surface area (Å²) in [6, 6.07) is 12.8. The van der Waals surface area contributed by atoms with Gasteiger partial charge in [0.05, 0.1) is 28.0 Å². The van der Waals surface area contributed by atoms with E-state index in [0.717, 1.165) is 31.7 Å². The van der Waals surface area contributed by atoms with Gasteiger partial charge in [0.25, 0.3) is 0 Å². The standard InChI is InChI=1S/C25H28N2O5S/c1-17-23(18-5-3-2-4-6-18)24(29)20-7-8-22(28)21(25(20)32-17)15-26-10-12-27(13-11-26)19-9-14-33(30,31)16-19/h2-8,19,28H,9-16H2,1H3. The van der Waals surface area contributed by atoms with Gasteiger partial charge in [0.1, 0.15) is 17.1 Å². The second kappa shape index (κ2) is 8.59. The van der Waals surface area contributed by atoms with Gasteiger partial charge in [-0.3, -0.25) is 14.6 Å². The number of rotatable bonds is 4. The van der Waals surface area contributed by atoms with E-state index >= 15 is 0 Å². The summed E-state index contributed by atoms with van der Waals surface area (Å²) in [6.45, 7) is 5.34. The molecule has 2 fully saturated rings. The molecular weight excluding hydrogens is 440 g/mol. The molecule has 1 atom stereocenters. The second-order valence-electron chi connectivity index (χ2n) is 9.04. The number of phenols is 1. The molecule has 2 aromatic carbocycles. The second-order valence-corrected chi connectivity index (χ2v) is 11.3. The van der Waals surface area contributed by atoms with Crippen molar-refractivity contribution in [3.8, 4) is 16.9 Å². The zero-order valence-corrected chi connectivity index (χ0v) is 19.5. The summed E-state index contributed by atoms with van der Waals surface area (Å²) in [5, 5.41) is 11.1. The molecule has 1 N–H and O–H groups in total. The number of aromatic hydroxyl groups is 1. The van der Waals surface area contributed by atoms with E-state index in [2.05, 4.69) is 9.80 Å². The number of hydrogen-bond acceptors (Lipinski definition) is 7. The van der Waals surface area contributed by atoms with Gasteiger partial charge in [0.15, 0.2) is 9.84 Å². The maximum absolute atomic E-state index is 13.3. The third kappa shape index (κ3) is 4.30. The van der Waals surface area contributed by atoms with Crippen molar-refractivity contribution < 1.29 is 17.9 Å². The van der Waals surface area contributed by atoms with Crippen molar-refractivity contribution in [3.63, 3.8) is 0 Å². The number of nitrogens with zero attached hydrogens (tertiary/aromatic N) is 2. The molecule has 0 aliphatic carbocycles. The minimum atomic E-state index is -2.90. The van der Waals surface area contributed by atoms with Gasteiger partial charge in [-0.05, 0) is 31.0 Å². The van der Waals surface area contributed by atoms with E-state index in [0.29, 0.717) is 40.8 Å². The highest BCUT2D eigenvalue weighted by Gasteiger charge is 2.34. The monoisotopic (exact) mass is 468 g/mol. The highest BCUT2D eigenvalue weighted by molar-refractivity contribution is 7.91. The fourth-order valence-electron chi connectivity index (χ4n) is 5.08. The predicted octanol–water partition coefficient (Wildman–Crippen LogP) is 2.78. The van der Waals surface area contributed by atoms with Crippen LogP contribution in [-0.2, 0) is 16.4 Å². The molecule has 3 heterocycles. The Labute approximate surface area is 193 Å². The fraction of sp³-hybridized carbons (Fsp3) is 0.400. The Hall–Kier alpha value is -2.68. The Morgan fingerprint density at radius 1 is 1.06 bits per heavy atom. The predicted molar refractivity (Wildman–Crippen MR) is 128 cm³/mol. The topological polar surface area (TPSA) is 91.1 Å². The van der Waals surface area contributed by atoms with Gasteiger partial charge >= 0.3 is 0 Å². The average Bonchev–Trinajstić information content (AvgIpc) is 3.17. The molecule has 33 heavy (non-hydrogen) atoms. The van der Waals surface area contributed by atoms with E-state index in [-0.39, 0.29) is 28.7 Å². The van der Waals surface area contributed by atoms with Crippen LogP contribution < -0.4 is 5.43 Å². The van der Waals surface area contributed by atoms with E-state index in [1.165, 1.54) is 0 Å². The van der Waals surface area contributed by atoms with Crippen LogP contribution in [0.25, 0.3) is 22.1 Å². The zero-order chi connectivity index (χ0) is 23.2. The smallest absolute Gasteiger partial charge is 0.200 e. The van der Waals surface area contributed by atoms with Gasteiger partial charge in [0.2, 0.25) is 5.43 Å². The number of benzene rings is 2. The number of aryl methyl sites for hydroxylation is 1. The van der Waals surface area contributed by atoms with Crippen LogP contribution in [0.3, 0.4) is 0 Å². The molecule has 3 aromatic rings. The van der Waals surface area contributed by atoms with Gasteiger partial charge < -0.3 is 9.52 Å². The molecule has 1 unspecified atom stereocenters. The van der Waals surface area contributed by atoms with Crippen molar-refractivity contribution in [2.24, 2.45) is 0 Å². The summed E-state index contributed by atoms with van der Waals surface area (Å²) in [4.78, 5) is 17.8. The van der Waals surface area contributed by atoms with Gasteiger partial charge in [-0.25, -0.2) is 8.42 Å². The highest BCUT2D eigenvalue weighted by Crippen LogP contribution is 2.31. The Morgan fingerprint density at radius 3 is 2.45 bits per heavy atom. The number of piperazine rings is 1. The summed E-state index contributed by atoms with van der Waals surface area (Å²) in [5.41, 5.74) is 2.30. The van der Waals surface area contributed by atoms with Crippen molar-refractivity contribution in [1.29, 1.82) is 0 Å². The minimum Gasteiger partial charge on any atom is -0.507 e. The van der Waals surface area contributed by atoms with Crippen LogP contribution in [0.5, 0.6) is 5.75 Å². The van der Waals surface area contributed by atoms with E-state index in [9.17, 15) is 18.3 Å². The van der Waals surface area contributed by atoms with Crippen LogP contribution in [0.2, 0.25) is 0 Å². The molecule has 8 heteroatoms. The molecule has 5 rings (SSSR count). The molecule has 2 saturated heterocycles. The molecule has 1 aromatic heterocycles. The number of fused-ring (bicyclic) bond motifs is 1. The van der Waals surface area contributed by atoms with Crippen molar-refractivity contribution >= 4 is 20.8 Å². The lowest BCUT2D eigenvalue weighted by molar-refractivity contribution is 0.0996. The molecule has 0 saturated carbocycles. The molecule has 0 radical (unpaired) electrons. The van der Waals surface area contributed by atoms with Crippen LogP contribution in [0.4, 0.5) is 0 Å². The minimum absolute atomic E-state index is 0.103. The van der Waals surface area contributed by atoms with Crippen molar-refractivity contribution in [1.82, 2.24) is 9.80 Å².